The molecule has 5 heteroatoms. The van der Waals surface area contributed by atoms with Gasteiger partial charge in [-0.2, -0.15) is 0 Å². The first-order valence-electron chi connectivity index (χ1n) is 31.1. The number of hydrogen-bond donors (Lipinski definition) is 0. The Kier molecular flexibility index (Phi) is 12.0. The molecule has 0 N–H and O–H groups in total. The van der Waals surface area contributed by atoms with Crippen molar-refractivity contribution in [2.75, 3.05) is 14.7 Å². The van der Waals surface area contributed by atoms with E-state index in [1.54, 1.807) is 0 Å². The first-order valence-corrected chi connectivity index (χ1v) is 31.9. The van der Waals surface area contributed by atoms with E-state index in [9.17, 15) is 0 Å². The molecule has 9 aromatic rings. The van der Waals surface area contributed by atoms with Crippen LogP contribution in [0.15, 0.2) is 164 Å². The maximum absolute atomic E-state index is 2.81. The van der Waals surface area contributed by atoms with Gasteiger partial charge in [0.25, 0.3) is 6.71 Å². The summed E-state index contributed by atoms with van der Waals surface area (Å²) in [6, 6.07) is 64.3. The molecule has 83 heavy (non-hydrogen) atoms. The molecule has 0 radical (unpaired) electrons. The summed E-state index contributed by atoms with van der Waals surface area (Å²) in [6.07, 6.45) is 6.93. The van der Waals surface area contributed by atoms with Crippen molar-refractivity contribution < 1.29 is 0 Å². The van der Waals surface area contributed by atoms with Crippen LogP contribution in [0.25, 0.3) is 21.2 Å². The van der Waals surface area contributed by atoms with Gasteiger partial charge < -0.3 is 14.7 Å². The Hall–Kier alpha value is -6.82. The summed E-state index contributed by atoms with van der Waals surface area (Å²) in [5, 5.41) is 2.72. The van der Waals surface area contributed by atoms with Crippen molar-refractivity contribution in [2.24, 2.45) is 0 Å². The first-order chi connectivity index (χ1) is 39.3. The zero-order chi connectivity index (χ0) is 58.1. The van der Waals surface area contributed by atoms with E-state index in [-0.39, 0.29) is 44.6 Å². The number of benzene rings is 8. The van der Waals surface area contributed by atoms with Gasteiger partial charge in [0.1, 0.15) is 0 Å². The van der Waals surface area contributed by atoms with Crippen molar-refractivity contribution in [3.8, 4) is 11.1 Å². The normalized spacial score (nSPS) is 19.0. The minimum Gasteiger partial charge on any atom is -0.311 e. The van der Waals surface area contributed by atoms with E-state index in [4.69, 9.17) is 0 Å². The molecule has 0 unspecified atom stereocenters. The van der Waals surface area contributed by atoms with Crippen LogP contribution in [0.3, 0.4) is 0 Å². The van der Waals surface area contributed by atoms with Gasteiger partial charge in [0.05, 0.1) is 16.4 Å². The maximum Gasteiger partial charge on any atom is 0.254 e. The molecule has 3 aliphatic carbocycles. The Morgan fingerprint density at radius 1 is 0.434 bits per heavy atom. The SMILES string of the molecule is CC(C)(C)c1ccc(N2c3cc(N(c4ccccc4)c4ccccc4)cc4c3B(c3ccc5c(c3N4c3ccc4c(c3)C(C)(C)CCC4(C)C)C(C)(C)CCC5(C)C)c3c2sc2cc4c(cc32)C(C)(C)CCC4(C)C)c(-c2ccccc2)c1. The van der Waals surface area contributed by atoms with E-state index in [1.807, 2.05) is 11.3 Å². The molecule has 0 bridgehead atoms. The number of para-hydroxylation sites is 2. The minimum atomic E-state index is -0.101. The second-order valence-electron chi connectivity index (χ2n) is 30.5. The number of hydrogen-bond acceptors (Lipinski definition) is 4. The molecular weight excluding hydrogens is 1020 g/mol. The van der Waals surface area contributed by atoms with Gasteiger partial charge in [0.15, 0.2) is 0 Å². The van der Waals surface area contributed by atoms with Gasteiger partial charge in [-0.3, -0.25) is 0 Å². The van der Waals surface area contributed by atoms with Crippen molar-refractivity contribution in [3.63, 3.8) is 0 Å². The van der Waals surface area contributed by atoms with Crippen LogP contribution < -0.4 is 31.1 Å². The van der Waals surface area contributed by atoms with Crippen LogP contribution in [0.4, 0.5) is 50.5 Å². The summed E-state index contributed by atoms with van der Waals surface area (Å²) < 4.78 is 1.38. The number of nitrogens with zero attached hydrogens (tertiary/aromatic N) is 3. The van der Waals surface area contributed by atoms with Crippen LogP contribution in [0, 0.1) is 0 Å². The predicted molar refractivity (Wildman–Crippen MR) is 361 cm³/mol. The Bertz CT molecular complexity index is 4050. The van der Waals surface area contributed by atoms with Gasteiger partial charge in [-0.1, -0.05) is 195 Å². The van der Waals surface area contributed by atoms with Gasteiger partial charge in [0, 0.05) is 44.4 Å². The lowest BCUT2D eigenvalue weighted by Crippen LogP contribution is -2.62. The molecule has 1 aromatic heterocycles. The molecule has 8 aromatic carbocycles. The van der Waals surface area contributed by atoms with E-state index < -0.39 is 0 Å². The van der Waals surface area contributed by atoms with Gasteiger partial charge in [-0.25, -0.2) is 0 Å². The van der Waals surface area contributed by atoms with E-state index in [0.29, 0.717) is 0 Å². The van der Waals surface area contributed by atoms with Gasteiger partial charge in [-0.15, -0.1) is 11.3 Å². The summed E-state index contributed by atoms with van der Waals surface area (Å²) >= 11 is 2.02. The van der Waals surface area contributed by atoms with E-state index in [2.05, 4.69) is 282 Å². The predicted octanol–water partition coefficient (Wildman–Crippen LogP) is 20.5. The zero-order valence-corrected chi connectivity index (χ0v) is 53.0. The third kappa shape index (κ3) is 8.38. The van der Waals surface area contributed by atoms with Crippen LogP contribution in [0.2, 0.25) is 0 Å². The Morgan fingerprint density at radius 2 is 0.940 bits per heavy atom. The minimum absolute atomic E-state index is 0.00771. The summed E-state index contributed by atoms with van der Waals surface area (Å²) in [5.74, 6) is 0. The number of thiophene rings is 1. The molecule has 420 valence electrons. The molecular formula is C78H84BN3S. The van der Waals surface area contributed by atoms with Crippen LogP contribution in [-0.2, 0) is 37.9 Å². The first kappa shape index (κ1) is 54.1. The Labute approximate surface area is 500 Å². The summed E-state index contributed by atoms with van der Waals surface area (Å²) in [4.78, 5) is 8.08. The Balaban J connectivity index is 1.19. The van der Waals surface area contributed by atoms with Crippen LogP contribution >= 0.6 is 11.3 Å². The van der Waals surface area contributed by atoms with Crippen molar-refractivity contribution in [1.29, 1.82) is 0 Å². The number of fused-ring (bicyclic) bond motifs is 10. The van der Waals surface area contributed by atoms with Crippen LogP contribution in [0.5, 0.6) is 0 Å². The standard InChI is InChI=1S/C78H84BN3S/c1-72(2,3)50-31-36-63(55(43-50)49-25-19-16-20-26-49)82-65-46-54(80(51-27-21-17-22-28-51)52-29-23-18-24-30-52)45-64-69(65)79(68-56-47-60-61(48-66(56)83-71(68)82)77(12,13)40-39-76(60,10)11)62-35-34-58-67(78(14,15)42-41-74(58,6)7)70(62)81(64)53-32-33-57-59(44-53)75(8,9)38-37-73(57,4)5/h16-36,43-48H,37-42H2,1-15H3. The molecule has 0 amide bonds. The molecule has 3 heterocycles. The molecule has 0 spiro atoms. The highest BCUT2D eigenvalue weighted by atomic mass is 32.1. The lowest BCUT2D eigenvalue weighted by atomic mass is 9.33. The highest BCUT2D eigenvalue weighted by Gasteiger charge is 2.51. The fraction of sp³-hybridized carbons (Fsp3) is 0.359. The quantitative estimate of drug-likeness (QED) is 0.154. The van der Waals surface area contributed by atoms with Crippen molar-refractivity contribution >= 4 is 95.0 Å². The fourth-order valence-corrected chi connectivity index (χ4v) is 17.1. The fourth-order valence-electron chi connectivity index (χ4n) is 15.8. The molecule has 0 fully saturated rings. The van der Waals surface area contributed by atoms with E-state index in [1.165, 1.54) is 129 Å². The largest absolute Gasteiger partial charge is 0.311 e. The average molecular weight is 1110 g/mol. The molecule has 0 saturated heterocycles. The topological polar surface area (TPSA) is 9.72 Å². The van der Waals surface area contributed by atoms with Gasteiger partial charge in [0.2, 0.25) is 0 Å². The third-order valence-electron chi connectivity index (χ3n) is 21.2. The van der Waals surface area contributed by atoms with Gasteiger partial charge in [-0.05, 0) is 216 Å². The molecule has 2 aliphatic heterocycles. The van der Waals surface area contributed by atoms with Crippen molar-refractivity contribution in [2.45, 2.75) is 180 Å². The number of anilines is 9. The second kappa shape index (κ2) is 18.3. The third-order valence-corrected chi connectivity index (χ3v) is 22.3. The maximum atomic E-state index is 2.81. The summed E-state index contributed by atoms with van der Waals surface area (Å²) in [5.41, 5.74) is 26.7. The Morgan fingerprint density at radius 3 is 1.53 bits per heavy atom. The molecule has 3 nitrogen and oxygen atoms in total. The molecule has 0 atom stereocenters. The lowest BCUT2D eigenvalue weighted by molar-refractivity contribution is 0.331. The molecule has 5 aliphatic rings. The van der Waals surface area contributed by atoms with E-state index >= 15 is 0 Å². The highest BCUT2D eigenvalue weighted by Crippen LogP contribution is 2.58. The average Bonchev–Trinajstić information content (AvgIpc) is 1.95. The number of rotatable bonds is 6. The van der Waals surface area contributed by atoms with Crippen molar-refractivity contribution in [3.05, 3.63) is 203 Å². The molecule has 14 rings (SSSR count). The zero-order valence-electron chi connectivity index (χ0n) is 52.2. The summed E-state index contributed by atoms with van der Waals surface area (Å²) in [6.45, 7) is 37.1. The summed E-state index contributed by atoms with van der Waals surface area (Å²) in [7, 11) is 0. The van der Waals surface area contributed by atoms with Crippen molar-refractivity contribution in [1.82, 2.24) is 0 Å². The lowest BCUT2D eigenvalue weighted by Gasteiger charge is -2.50. The van der Waals surface area contributed by atoms with Gasteiger partial charge >= 0.3 is 0 Å². The smallest absolute Gasteiger partial charge is 0.254 e. The second-order valence-corrected chi connectivity index (χ2v) is 31.6. The highest BCUT2D eigenvalue weighted by molar-refractivity contribution is 7.26. The van der Waals surface area contributed by atoms with Crippen LogP contribution in [-0.4, -0.2) is 6.71 Å². The monoisotopic (exact) mass is 1110 g/mol. The van der Waals surface area contributed by atoms with Crippen LogP contribution in [0.1, 0.15) is 181 Å². The van der Waals surface area contributed by atoms with E-state index in [0.717, 1.165) is 36.3 Å². The molecule has 0 saturated carbocycles.